The van der Waals surface area contributed by atoms with Crippen molar-refractivity contribution in [1.82, 2.24) is 5.32 Å². The van der Waals surface area contributed by atoms with Crippen LogP contribution in [0.25, 0.3) is 0 Å². The monoisotopic (exact) mass is 298 g/mol. The van der Waals surface area contributed by atoms with Crippen molar-refractivity contribution in [2.75, 3.05) is 7.11 Å². The van der Waals surface area contributed by atoms with E-state index in [9.17, 15) is 0 Å². The van der Waals surface area contributed by atoms with Crippen LogP contribution in [0.1, 0.15) is 40.5 Å². The summed E-state index contributed by atoms with van der Waals surface area (Å²) in [7, 11) is 1.67. The fourth-order valence-corrected chi connectivity index (χ4v) is 3.91. The summed E-state index contributed by atoms with van der Waals surface area (Å²) >= 11 is 1.86. The van der Waals surface area contributed by atoms with Crippen LogP contribution in [0, 0.1) is 11.3 Å². The number of nitriles is 1. The molecule has 0 radical (unpaired) electrons. The van der Waals surface area contributed by atoms with Crippen LogP contribution in [-0.4, -0.2) is 7.11 Å². The number of aryl methyl sites for hydroxylation is 1. The van der Waals surface area contributed by atoms with Gasteiger partial charge < -0.3 is 10.1 Å². The van der Waals surface area contributed by atoms with Crippen molar-refractivity contribution in [2.24, 2.45) is 0 Å². The van der Waals surface area contributed by atoms with Gasteiger partial charge in [0.1, 0.15) is 5.75 Å². The summed E-state index contributed by atoms with van der Waals surface area (Å²) < 4.78 is 5.39. The number of thiophene rings is 1. The van der Waals surface area contributed by atoms with Gasteiger partial charge in [-0.25, -0.2) is 0 Å². The molecule has 0 fully saturated rings. The normalized spacial score (nSPS) is 17.0. The van der Waals surface area contributed by atoms with Crippen LogP contribution in [-0.2, 0) is 13.0 Å². The summed E-state index contributed by atoms with van der Waals surface area (Å²) in [6, 6.07) is 10.4. The second-order valence-corrected chi connectivity index (χ2v) is 6.26. The molecule has 1 atom stereocenters. The van der Waals surface area contributed by atoms with Crippen LogP contribution in [0.4, 0.5) is 0 Å². The van der Waals surface area contributed by atoms with E-state index in [1.54, 1.807) is 13.2 Å². The third-order valence-electron chi connectivity index (χ3n) is 4.00. The second-order valence-electron chi connectivity index (χ2n) is 5.26. The van der Waals surface area contributed by atoms with Crippen LogP contribution < -0.4 is 10.1 Å². The maximum Gasteiger partial charge on any atom is 0.123 e. The van der Waals surface area contributed by atoms with Gasteiger partial charge in [-0.3, -0.25) is 0 Å². The first-order valence-electron chi connectivity index (χ1n) is 7.18. The molecule has 3 nitrogen and oxygen atoms in total. The zero-order valence-electron chi connectivity index (χ0n) is 12.1. The molecule has 1 aliphatic rings. The number of methoxy groups -OCH3 is 1. The Morgan fingerprint density at radius 3 is 3.14 bits per heavy atom. The third kappa shape index (κ3) is 2.94. The van der Waals surface area contributed by atoms with E-state index in [-0.39, 0.29) is 0 Å². The van der Waals surface area contributed by atoms with E-state index >= 15 is 0 Å². The number of hydrogen-bond donors (Lipinski definition) is 1. The van der Waals surface area contributed by atoms with Crippen molar-refractivity contribution in [2.45, 2.75) is 31.8 Å². The highest BCUT2D eigenvalue weighted by molar-refractivity contribution is 7.10. The van der Waals surface area contributed by atoms with Crippen LogP contribution in [0.15, 0.2) is 29.6 Å². The van der Waals surface area contributed by atoms with Gasteiger partial charge in [-0.05, 0) is 54.5 Å². The SMILES string of the molecule is COc1ccc(C#N)cc1CNC1CCCc2sccc21. The largest absolute Gasteiger partial charge is 0.496 e. The lowest BCUT2D eigenvalue weighted by atomic mass is 9.94. The number of rotatable bonds is 4. The average Bonchev–Trinajstić information content (AvgIpc) is 3.01. The molecule has 1 unspecified atom stereocenters. The molecule has 0 saturated heterocycles. The van der Waals surface area contributed by atoms with Crippen LogP contribution in [0.3, 0.4) is 0 Å². The van der Waals surface area contributed by atoms with Gasteiger partial charge in [0.25, 0.3) is 0 Å². The number of fused-ring (bicyclic) bond motifs is 1. The molecule has 0 spiro atoms. The van der Waals surface area contributed by atoms with Gasteiger partial charge in [-0.2, -0.15) is 5.26 Å². The molecule has 1 N–H and O–H groups in total. The van der Waals surface area contributed by atoms with E-state index in [0.717, 1.165) is 17.9 Å². The molecule has 1 aliphatic carbocycles. The van der Waals surface area contributed by atoms with Crippen LogP contribution in [0.5, 0.6) is 5.75 Å². The number of ether oxygens (including phenoxy) is 1. The summed E-state index contributed by atoms with van der Waals surface area (Å²) in [6.07, 6.45) is 3.61. The van der Waals surface area contributed by atoms with Crippen molar-refractivity contribution < 1.29 is 4.74 Å². The first kappa shape index (κ1) is 14.1. The highest BCUT2D eigenvalue weighted by Crippen LogP contribution is 2.33. The van der Waals surface area contributed by atoms with E-state index in [4.69, 9.17) is 10.00 Å². The van der Waals surface area contributed by atoms with Crippen molar-refractivity contribution in [3.8, 4) is 11.8 Å². The van der Waals surface area contributed by atoms with Gasteiger partial charge in [0.15, 0.2) is 0 Å². The predicted molar refractivity (Wildman–Crippen MR) is 84.5 cm³/mol. The molecule has 0 bridgehead atoms. The molecule has 2 aromatic rings. The topological polar surface area (TPSA) is 45.0 Å². The molecule has 0 aliphatic heterocycles. The van der Waals surface area contributed by atoms with Gasteiger partial charge in [-0.1, -0.05) is 0 Å². The van der Waals surface area contributed by atoms with E-state index in [2.05, 4.69) is 22.8 Å². The standard InChI is InChI=1S/C17H18N2OS/c1-20-16-6-5-12(10-18)9-13(16)11-19-15-3-2-4-17-14(15)7-8-21-17/h5-9,15,19H,2-4,11H2,1H3. The van der Waals surface area contributed by atoms with Crippen LogP contribution >= 0.6 is 11.3 Å². The molecular weight excluding hydrogens is 280 g/mol. The number of hydrogen-bond acceptors (Lipinski definition) is 4. The Labute approximate surface area is 129 Å². The van der Waals surface area contributed by atoms with Crippen molar-refractivity contribution in [3.05, 3.63) is 51.2 Å². The van der Waals surface area contributed by atoms with Gasteiger partial charge in [0, 0.05) is 23.0 Å². The lowest BCUT2D eigenvalue weighted by molar-refractivity contribution is 0.401. The fourth-order valence-electron chi connectivity index (χ4n) is 2.92. The Kier molecular flexibility index (Phi) is 4.23. The first-order valence-corrected chi connectivity index (χ1v) is 8.06. The summed E-state index contributed by atoms with van der Waals surface area (Å²) in [6.45, 7) is 0.721. The van der Waals surface area contributed by atoms with Crippen molar-refractivity contribution in [3.63, 3.8) is 0 Å². The minimum Gasteiger partial charge on any atom is -0.496 e. The zero-order valence-corrected chi connectivity index (χ0v) is 12.9. The minimum absolute atomic E-state index is 0.412. The summed E-state index contributed by atoms with van der Waals surface area (Å²) in [5, 5.41) is 14.8. The molecule has 1 aromatic carbocycles. The van der Waals surface area contributed by atoms with E-state index in [1.165, 1.54) is 29.7 Å². The van der Waals surface area contributed by atoms with Gasteiger partial charge in [0.2, 0.25) is 0 Å². The second kappa shape index (κ2) is 6.30. The number of benzene rings is 1. The lowest BCUT2D eigenvalue weighted by Crippen LogP contribution is -2.24. The Morgan fingerprint density at radius 1 is 1.43 bits per heavy atom. The smallest absolute Gasteiger partial charge is 0.123 e. The Balaban J connectivity index is 1.76. The molecule has 0 saturated carbocycles. The molecule has 4 heteroatoms. The molecule has 0 amide bonds. The highest BCUT2D eigenvalue weighted by atomic mass is 32.1. The quantitative estimate of drug-likeness (QED) is 0.934. The zero-order chi connectivity index (χ0) is 14.7. The summed E-state index contributed by atoms with van der Waals surface area (Å²) in [5.74, 6) is 0.836. The van der Waals surface area contributed by atoms with Gasteiger partial charge in [0.05, 0.1) is 18.7 Å². The molecular formula is C17H18N2OS. The molecule has 21 heavy (non-hydrogen) atoms. The van der Waals surface area contributed by atoms with E-state index in [0.29, 0.717) is 11.6 Å². The fraction of sp³-hybridized carbons (Fsp3) is 0.353. The summed E-state index contributed by atoms with van der Waals surface area (Å²) in [4.78, 5) is 1.51. The van der Waals surface area contributed by atoms with Crippen molar-refractivity contribution in [1.29, 1.82) is 5.26 Å². The van der Waals surface area contributed by atoms with Gasteiger partial charge in [-0.15, -0.1) is 11.3 Å². The lowest BCUT2D eigenvalue weighted by Gasteiger charge is -2.24. The molecule has 108 valence electrons. The van der Waals surface area contributed by atoms with Gasteiger partial charge >= 0.3 is 0 Å². The number of nitrogens with zero attached hydrogens (tertiary/aromatic N) is 1. The van der Waals surface area contributed by atoms with E-state index in [1.807, 2.05) is 23.5 Å². The Morgan fingerprint density at radius 2 is 2.33 bits per heavy atom. The minimum atomic E-state index is 0.412. The van der Waals surface area contributed by atoms with E-state index < -0.39 is 0 Å². The van der Waals surface area contributed by atoms with Crippen molar-refractivity contribution >= 4 is 11.3 Å². The third-order valence-corrected chi connectivity index (χ3v) is 5.00. The maximum absolute atomic E-state index is 9.04. The Bertz CT molecular complexity index is 672. The molecule has 1 heterocycles. The summed E-state index contributed by atoms with van der Waals surface area (Å²) in [5.41, 5.74) is 3.16. The predicted octanol–water partition coefficient (Wildman–Crippen LogP) is 3.80. The van der Waals surface area contributed by atoms with Crippen LogP contribution in [0.2, 0.25) is 0 Å². The molecule has 3 rings (SSSR count). The molecule has 1 aromatic heterocycles. The Hall–Kier alpha value is -1.83. The highest BCUT2D eigenvalue weighted by Gasteiger charge is 2.20. The number of nitrogens with one attached hydrogen (secondary N) is 1. The average molecular weight is 298 g/mol. The first-order chi connectivity index (χ1) is 10.3. The maximum atomic E-state index is 9.04.